The largest absolute Gasteiger partial charge is 0.504 e. The van der Waals surface area contributed by atoms with Crippen LogP contribution in [0.15, 0.2) is 54.9 Å². The average Bonchev–Trinajstić information content (AvgIpc) is 3.85. The second-order valence-electron chi connectivity index (χ2n) is 15.4. The molecule has 3 aromatic rings. The topological polar surface area (TPSA) is 165 Å². The quantitative estimate of drug-likeness (QED) is 0.117. The highest BCUT2D eigenvalue weighted by molar-refractivity contribution is 5.43. The lowest BCUT2D eigenvalue weighted by molar-refractivity contribution is -0.109. The van der Waals surface area contributed by atoms with Crippen LogP contribution in [0.25, 0.3) is 0 Å². The van der Waals surface area contributed by atoms with Crippen molar-refractivity contribution < 1.29 is 30.3 Å². The first-order valence-corrected chi connectivity index (χ1v) is 19.2. The molecular formula is C42H57N3O6. The second kappa shape index (κ2) is 16.9. The van der Waals surface area contributed by atoms with Crippen molar-refractivity contribution in [1.29, 1.82) is 0 Å². The number of hydrogen-bond donors (Lipinski definition) is 7. The zero-order valence-electron chi connectivity index (χ0n) is 30.0. The summed E-state index contributed by atoms with van der Waals surface area (Å²) in [4.78, 5) is 7.79. The lowest BCUT2D eigenvalue weighted by Crippen LogP contribution is -2.54. The molecule has 0 bridgehead atoms. The van der Waals surface area contributed by atoms with Crippen LogP contribution in [-0.2, 0) is 11.8 Å². The molecule has 0 spiro atoms. The van der Waals surface area contributed by atoms with Crippen LogP contribution in [0, 0.1) is 29.6 Å². The minimum absolute atomic E-state index is 0.0570. The number of pyridine rings is 1. The van der Waals surface area contributed by atoms with Crippen molar-refractivity contribution in [2.45, 2.75) is 139 Å². The lowest BCUT2D eigenvalue weighted by atomic mass is 9.59. The molecule has 1 aromatic carbocycles. The molecule has 3 aliphatic rings. The van der Waals surface area contributed by atoms with Gasteiger partial charge in [-0.05, 0) is 105 Å². The smallest absolute Gasteiger partial charge is 0.161 e. The maximum Gasteiger partial charge on any atom is 0.161 e. The molecule has 8 N–H and O–H groups in total. The number of aromatic hydroxyl groups is 1. The van der Waals surface area contributed by atoms with E-state index in [1.54, 1.807) is 18.3 Å². The lowest BCUT2D eigenvalue weighted by Gasteiger charge is -2.48. The van der Waals surface area contributed by atoms with Gasteiger partial charge in [-0.25, -0.2) is 4.98 Å². The molecule has 6 rings (SSSR count). The summed E-state index contributed by atoms with van der Waals surface area (Å²) in [6.45, 7) is 2.16. The van der Waals surface area contributed by atoms with Gasteiger partial charge in [0.2, 0.25) is 0 Å². The van der Waals surface area contributed by atoms with Gasteiger partial charge in [0.25, 0.3) is 0 Å². The molecule has 9 heteroatoms. The molecule has 51 heavy (non-hydrogen) atoms. The molecule has 3 aliphatic carbocycles. The number of aromatic amines is 1. The molecule has 9 atom stereocenters. The average molecular weight is 700 g/mol. The highest BCUT2D eigenvalue weighted by atomic mass is 16.5. The summed E-state index contributed by atoms with van der Waals surface area (Å²) in [6, 6.07) is 13.3. The van der Waals surface area contributed by atoms with E-state index < -0.39 is 30.5 Å². The van der Waals surface area contributed by atoms with Gasteiger partial charge in [0.05, 0.1) is 18.3 Å². The number of aliphatic hydroxyl groups is 4. The molecular weight excluding hydrogens is 642 g/mol. The van der Waals surface area contributed by atoms with Gasteiger partial charge >= 0.3 is 0 Å². The number of anilines is 1. The van der Waals surface area contributed by atoms with Crippen molar-refractivity contribution in [3.8, 4) is 23.3 Å². The Bertz CT molecular complexity index is 1610. The molecule has 0 radical (unpaired) electrons. The predicted molar refractivity (Wildman–Crippen MR) is 198 cm³/mol. The first-order chi connectivity index (χ1) is 24.7. The van der Waals surface area contributed by atoms with Crippen molar-refractivity contribution >= 4 is 5.82 Å². The predicted octanol–water partition coefficient (Wildman–Crippen LogP) is 6.14. The molecule has 0 amide bonds. The Morgan fingerprint density at radius 2 is 1.78 bits per heavy atom. The second-order valence-corrected chi connectivity index (χ2v) is 15.4. The first kappa shape index (κ1) is 37.2. The van der Waals surface area contributed by atoms with Crippen molar-refractivity contribution in [3.63, 3.8) is 0 Å². The van der Waals surface area contributed by atoms with Crippen molar-refractivity contribution in [2.24, 2.45) is 17.8 Å². The summed E-state index contributed by atoms with van der Waals surface area (Å²) in [5, 5.41) is 56.0. The number of nitrogens with zero attached hydrogens (tertiary/aromatic N) is 1. The fraction of sp³-hybridized carbons (Fsp3) is 0.595. The van der Waals surface area contributed by atoms with Crippen LogP contribution in [0.1, 0.15) is 113 Å². The summed E-state index contributed by atoms with van der Waals surface area (Å²) >= 11 is 0. The standard InChI is InChI=1S/C42H57N3O6/c1-2-27-9-3-4-12-32(46)30(11-7-10-27)33(47)17-14-28-15-18-34(48)36(25-28)51-41-31(16-19-35(49)40(41)50)39(29-20-24-45-38(43)26-29)42(21-5-6-22-42)37-13-8-23-44-37/h8,13,15,18,20,23-27,30-33,35,39-41,44,46-50H,2-6,9,11-12,14,16-17,19,21-22H2,1H3,(H2,43,45)/t27-,30+,31+,32+,33-,35+,39+,40-,41-/m1/s1. The van der Waals surface area contributed by atoms with Gasteiger partial charge in [-0.15, -0.1) is 5.92 Å². The van der Waals surface area contributed by atoms with E-state index in [4.69, 9.17) is 10.5 Å². The van der Waals surface area contributed by atoms with Crippen LogP contribution >= 0.6 is 0 Å². The number of nitrogens with two attached hydrogens (primary N) is 1. The van der Waals surface area contributed by atoms with E-state index >= 15 is 0 Å². The zero-order chi connectivity index (χ0) is 36.0. The first-order valence-electron chi connectivity index (χ1n) is 19.2. The molecule has 0 aliphatic heterocycles. The van der Waals surface area contributed by atoms with E-state index in [2.05, 4.69) is 34.8 Å². The van der Waals surface area contributed by atoms with Crippen LogP contribution in [0.4, 0.5) is 5.82 Å². The van der Waals surface area contributed by atoms with Crippen molar-refractivity contribution in [3.05, 3.63) is 71.7 Å². The number of aryl methyl sites for hydroxylation is 1. The number of phenols is 1. The number of rotatable bonds is 11. The summed E-state index contributed by atoms with van der Waals surface area (Å²) in [5.41, 5.74) is 9.01. The fourth-order valence-corrected chi connectivity index (χ4v) is 9.38. The Morgan fingerprint density at radius 1 is 0.980 bits per heavy atom. The number of hydrogen-bond acceptors (Lipinski definition) is 8. The monoisotopic (exact) mass is 699 g/mol. The molecule has 2 heterocycles. The summed E-state index contributed by atoms with van der Waals surface area (Å²) in [7, 11) is 0. The number of phenolic OH excluding ortho intramolecular Hbond substituents is 1. The normalized spacial score (nSPS) is 29.4. The van der Waals surface area contributed by atoms with E-state index in [-0.39, 0.29) is 34.7 Å². The Kier molecular flexibility index (Phi) is 12.3. The van der Waals surface area contributed by atoms with Crippen molar-refractivity contribution in [2.75, 3.05) is 5.73 Å². The van der Waals surface area contributed by atoms with Gasteiger partial charge in [0.1, 0.15) is 18.0 Å². The number of aliphatic hydroxyl groups excluding tert-OH is 4. The third kappa shape index (κ3) is 8.41. The minimum Gasteiger partial charge on any atom is -0.504 e. The highest BCUT2D eigenvalue weighted by Crippen LogP contribution is 2.56. The van der Waals surface area contributed by atoms with Crippen LogP contribution in [0.5, 0.6) is 11.5 Å². The number of nitrogen functional groups attached to an aromatic ring is 1. The van der Waals surface area contributed by atoms with Gasteiger partial charge in [-0.3, -0.25) is 0 Å². The van der Waals surface area contributed by atoms with Gasteiger partial charge < -0.3 is 41.0 Å². The van der Waals surface area contributed by atoms with Gasteiger partial charge in [-0.2, -0.15) is 0 Å². The molecule has 0 saturated heterocycles. The third-order valence-electron chi connectivity index (χ3n) is 12.2. The molecule has 2 fully saturated rings. The SMILES string of the molecule is CC[C@H]1C#CC[C@H]([C@H](O)CCc2ccc(O)c(O[C@H]3[C@H](O)[C@@H](O)CC[C@H]3[C@H](c3ccnc(N)c3)C3(c4ccc[nH]4)CCCC3)c2)[C@@H](O)CCCC1. The number of H-pyrrole nitrogens is 1. The Morgan fingerprint density at radius 3 is 2.53 bits per heavy atom. The Balaban J connectivity index is 1.26. The Labute approximate surface area is 302 Å². The van der Waals surface area contributed by atoms with Crippen LogP contribution in [-0.4, -0.2) is 66.0 Å². The number of nitrogens with one attached hydrogen (secondary N) is 1. The van der Waals surface area contributed by atoms with Gasteiger partial charge in [0.15, 0.2) is 11.5 Å². The van der Waals surface area contributed by atoms with E-state index in [0.29, 0.717) is 50.3 Å². The molecule has 2 aromatic heterocycles. The molecule has 276 valence electrons. The number of benzene rings is 1. The van der Waals surface area contributed by atoms with Gasteiger partial charge in [-0.1, -0.05) is 44.6 Å². The highest BCUT2D eigenvalue weighted by Gasteiger charge is 2.53. The summed E-state index contributed by atoms with van der Waals surface area (Å²) in [6.07, 6.45) is 10.5. The molecule has 9 nitrogen and oxygen atoms in total. The van der Waals surface area contributed by atoms with E-state index in [0.717, 1.165) is 68.2 Å². The van der Waals surface area contributed by atoms with E-state index in [9.17, 15) is 25.5 Å². The number of aromatic nitrogens is 2. The zero-order valence-corrected chi connectivity index (χ0v) is 30.0. The van der Waals surface area contributed by atoms with Crippen molar-refractivity contribution in [1.82, 2.24) is 9.97 Å². The molecule has 2 saturated carbocycles. The maximum atomic E-state index is 11.6. The maximum absolute atomic E-state index is 11.6. The van der Waals surface area contributed by atoms with Gasteiger partial charge in [0, 0.05) is 53.6 Å². The van der Waals surface area contributed by atoms with E-state index in [1.807, 2.05) is 30.5 Å². The van der Waals surface area contributed by atoms with Crippen LogP contribution in [0.3, 0.4) is 0 Å². The third-order valence-corrected chi connectivity index (χ3v) is 12.2. The summed E-state index contributed by atoms with van der Waals surface area (Å²) in [5.74, 6) is 6.93. The van der Waals surface area contributed by atoms with Crippen LogP contribution < -0.4 is 10.5 Å². The minimum atomic E-state index is -1.18. The van der Waals surface area contributed by atoms with E-state index in [1.165, 1.54) is 0 Å². The number of ether oxygens (including phenoxy) is 1. The molecule has 0 unspecified atom stereocenters. The van der Waals surface area contributed by atoms with Crippen LogP contribution in [0.2, 0.25) is 0 Å². The fourth-order valence-electron chi connectivity index (χ4n) is 9.38. The summed E-state index contributed by atoms with van der Waals surface area (Å²) < 4.78 is 6.66. The Hall–Kier alpha value is -3.55.